The number of rotatable bonds is 6. The Morgan fingerprint density at radius 3 is 2.50 bits per heavy atom. The van der Waals surface area contributed by atoms with E-state index in [-0.39, 0.29) is 14.7 Å². The standard InChI is InChI=1S/C11H19ClN2O2S2/c1-5-7(2)6-8(3)14-18(15,16)10-9(4)13-11(12)17-10/h7-8,14H,5-6H2,1-4H3. The first kappa shape index (κ1) is 15.9. The first-order chi connectivity index (χ1) is 8.26. The van der Waals surface area contributed by atoms with Crippen molar-refractivity contribution < 1.29 is 8.42 Å². The number of nitrogens with zero attached hydrogens (tertiary/aromatic N) is 1. The van der Waals surface area contributed by atoms with Gasteiger partial charge in [0.05, 0.1) is 5.69 Å². The summed E-state index contributed by atoms with van der Waals surface area (Å²) in [5.41, 5.74) is 0.452. The Morgan fingerprint density at radius 2 is 2.06 bits per heavy atom. The van der Waals surface area contributed by atoms with Crippen molar-refractivity contribution in [2.75, 3.05) is 0 Å². The fourth-order valence-electron chi connectivity index (χ4n) is 1.74. The fraction of sp³-hybridized carbons (Fsp3) is 0.727. The van der Waals surface area contributed by atoms with Gasteiger partial charge in [-0.3, -0.25) is 0 Å². The summed E-state index contributed by atoms with van der Waals surface area (Å²) in [6.07, 6.45) is 1.86. The van der Waals surface area contributed by atoms with Crippen LogP contribution in [0.25, 0.3) is 0 Å². The van der Waals surface area contributed by atoms with Gasteiger partial charge in [-0.25, -0.2) is 18.1 Å². The van der Waals surface area contributed by atoms with Gasteiger partial charge in [0, 0.05) is 6.04 Å². The summed E-state index contributed by atoms with van der Waals surface area (Å²) in [6.45, 7) is 7.73. The second-order valence-corrected chi connectivity index (χ2v) is 8.10. The molecule has 0 spiro atoms. The molecule has 7 heteroatoms. The van der Waals surface area contributed by atoms with E-state index < -0.39 is 10.0 Å². The van der Waals surface area contributed by atoms with E-state index in [2.05, 4.69) is 23.6 Å². The third kappa shape index (κ3) is 4.19. The van der Waals surface area contributed by atoms with Crippen molar-refractivity contribution in [3.05, 3.63) is 10.2 Å². The minimum Gasteiger partial charge on any atom is -0.229 e. The summed E-state index contributed by atoms with van der Waals surface area (Å²) >= 11 is 6.72. The zero-order valence-electron chi connectivity index (χ0n) is 11.0. The summed E-state index contributed by atoms with van der Waals surface area (Å²) in [6, 6.07) is -0.0924. The summed E-state index contributed by atoms with van der Waals surface area (Å²) < 4.78 is 27.4. The average Bonchev–Trinajstić information content (AvgIpc) is 2.57. The van der Waals surface area contributed by atoms with Gasteiger partial charge in [-0.1, -0.05) is 43.2 Å². The molecule has 0 amide bonds. The number of hydrogen-bond acceptors (Lipinski definition) is 4. The van der Waals surface area contributed by atoms with Crippen molar-refractivity contribution >= 4 is 33.0 Å². The van der Waals surface area contributed by atoms with Gasteiger partial charge in [0.2, 0.25) is 0 Å². The third-order valence-corrected chi connectivity index (χ3v) is 6.24. The Labute approximate surface area is 118 Å². The maximum atomic E-state index is 12.1. The zero-order chi connectivity index (χ0) is 13.9. The predicted octanol–water partition coefficient (Wildman–Crippen LogP) is 3.21. The second kappa shape index (κ2) is 6.32. The molecule has 2 atom stereocenters. The molecule has 1 aromatic heterocycles. The fourth-order valence-corrected chi connectivity index (χ4v) is 4.75. The van der Waals surface area contributed by atoms with Crippen molar-refractivity contribution in [2.45, 2.75) is 50.8 Å². The molecular weight excluding hydrogens is 292 g/mol. The molecule has 18 heavy (non-hydrogen) atoms. The van der Waals surface area contributed by atoms with Gasteiger partial charge >= 0.3 is 0 Å². The van der Waals surface area contributed by atoms with Crippen LogP contribution in [0, 0.1) is 12.8 Å². The number of halogens is 1. The van der Waals surface area contributed by atoms with Gasteiger partial charge in [-0.2, -0.15) is 0 Å². The number of thiazole rings is 1. The summed E-state index contributed by atoms with van der Waals surface area (Å²) in [7, 11) is -3.50. The van der Waals surface area contributed by atoms with Crippen LogP contribution in [0.3, 0.4) is 0 Å². The lowest BCUT2D eigenvalue weighted by molar-refractivity contribution is 0.446. The minimum atomic E-state index is -3.50. The molecule has 0 aromatic carbocycles. The molecular formula is C11H19ClN2O2S2. The lowest BCUT2D eigenvalue weighted by atomic mass is 10.0. The normalized spacial score (nSPS) is 15.6. The molecule has 0 bridgehead atoms. The minimum absolute atomic E-state index is 0.0924. The molecule has 4 nitrogen and oxygen atoms in total. The van der Waals surface area contributed by atoms with E-state index in [1.165, 1.54) is 0 Å². The smallest absolute Gasteiger partial charge is 0.229 e. The van der Waals surface area contributed by atoms with Gasteiger partial charge in [-0.15, -0.1) is 0 Å². The Balaban J connectivity index is 2.79. The van der Waals surface area contributed by atoms with E-state index in [0.29, 0.717) is 11.6 Å². The van der Waals surface area contributed by atoms with Crippen LogP contribution >= 0.6 is 22.9 Å². The highest BCUT2D eigenvalue weighted by Crippen LogP contribution is 2.27. The second-order valence-electron chi connectivity index (χ2n) is 4.61. The topological polar surface area (TPSA) is 59.1 Å². The molecule has 1 rings (SSSR count). The van der Waals surface area contributed by atoms with Gasteiger partial charge < -0.3 is 0 Å². The Morgan fingerprint density at radius 1 is 1.44 bits per heavy atom. The first-order valence-electron chi connectivity index (χ1n) is 5.91. The summed E-state index contributed by atoms with van der Waals surface area (Å²) in [5.74, 6) is 0.494. The highest BCUT2D eigenvalue weighted by Gasteiger charge is 2.23. The van der Waals surface area contributed by atoms with Crippen LogP contribution in [0.1, 0.15) is 39.3 Å². The van der Waals surface area contributed by atoms with E-state index in [1.54, 1.807) is 6.92 Å². The lowest BCUT2D eigenvalue weighted by Crippen LogP contribution is -2.33. The van der Waals surface area contributed by atoms with Gasteiger partial charge in [0.15, 0.2) is 8.68 Å². The van der Waals surface area contributed by atoms with Crippen LogP contribution in [0.5, 0.6) is 0 Å². The summed E-state index contributed by atoms with van der Waals surface area (Å²) in [5, 5.41) is 0. The maximum Gasteiger partial charge on any atom is 0.252 e. The first-order valence-corrected chi connectivity index (χ1v) is 8.59. The van der Waals surface area contributed by atoms with Gasteiger partial charge in [0.25, 0.3) is 10.0 Å². The largest absolute Gasteiger partial charge is 0.252 e. The molecule has 0 radical (unpaired) electrons. The van der Waals surface area contributed by atoms with E-state index in [4.69, 9.17) is 11.6 Å². The Kier molecular flexibility index (Phi) is 5.58. The SMILES string of the molecule is CCC(C)CC(C)NS(=O)(=O)c1sc(Cl)nc1C. The van der Waals surface area contributed by atoms with Crippen molar-refractivity contribution in [3.8, 4) is 0 Å². The summed E-state index contributed by atoms with van der Waals surface area (Å²) in [4.78, 5) is 3.93. The molecule has 1 aromatic rings. The molecule has 0 aliphatic heterocycles. The highest BCUT2D eigenvalue weighted by atomic mass is 35.5. The molecule has 1 N–H and O–H groups in total. The molecule has 0 saturated heterocycles. The van der Waals surface area contributed by atoms with Crippen LogP contribution in [0.2, 0.25) is 4.47 Å². The van der Waals surface area contributed by atoms with E-state index in [1.807, 2.05) is 6.92 Å². The zero-order valence-corrected chi connectivity index (χ0v) is 13.4. The molecule has 1 heterocycles. The Hall–Kier alpha value is -0.170. The monoisotopic (exact) mass is 310 g/mol. The van der Waals surface area contributed by atoms with Crippen molar-refractivity contribution in [1.29, 1.82) is 0 Å². The number of aryl methyl sites for hydroxylation is 1. The van der Waals surface area contributed by atoms with Crippen molar-refractivity contribution in [1.82, 2.24) is 9.71 Å². The van der Waals surface area contributed by atoms with E-state index in [0.717, 1.165) is 24.2 Å². The van der Waals surface area contributed by atoms with E-state index >= 15 is 0 Å². The predicted molar refractivity (Wildman–Crippen MR) is 75.7 cm³/mol. The third-order valence-electron chi connectivity index (χ3n) is 2.78. The van der Waals surface area contributed by atoms with Crippen LogP contribution in [0.15, 0.2) is 4.21 Å². The molecule has 2 unspecified atom stereocenters. The number of hydrogen-bond donors (Lipinski definition) is 1. The number of sulfonamides is 1. The van der Waals surface area contributed by atoms with Crippen LogP contribution in [-0.4, -0.2) is 19.4 Å². The van der Waals surface area contributed by atoms with Crippen LogP contribution in [0.4, 0.5) is 0 Å². The molecule has 0 aliphatic carbocycles. The lowest BCUT2D eigenvalue weighted by Gasteiger charge is -2.17. The van der Waals surface area contributed by atoms with Crippen LogP contribution in [-0.2, 0) is 10.0 Å². The molecule has 0 fully saturated rings. The maximum absolute atomic E-state index is 12.1. The van der Waals surface area contributed by atoms with E-state index in [9.17, 15) is 8.42 Å². The van der Waals surface area contributed by atoms with Crippen molar-refractivity contribution in [3.63, 3.8) is 0 Å². The molecule has 0 aliphatic rings. The number of nitrogens with one attached hydrogen (secondary N) is 1. The highest BCUT2D eigenvalue weighted by molar-refractivity contribution is 7.91. The average molecular weight is 311 g/mol. The quantitative estimate of drug-likeness (QED) is 0.877. The Bertz CT molecular complexity index is 499. The molecule has 0 saturated carbocycles. The van der Waals surface area contributed by atoms with Crippen LogP contribution < -0.4 is 4.72 Å². The van der Waals surface area contributed by atoms with Crippen molar-refractivity contribution in [2.24, 2.45) is 5.92 Å². The molecule has 104 valence electrons. The van der Waals surface area contributed by atoms with Gasteiger partial charge in [-0.05, 0) is 26.2 Å². The number of aromatic nitrogens is 1. The van der Waals surface area contributed by atoms with Gasteiger partial charge in [0.1, 0.15) is 0 Å².